The normalized spacial score (nSPS) is 16.8. The van der Waals surface area contributed by atoms with Crippen LogP contribution in [-0.4, -0.2) is 35.4 Å². The molecule has 1 aliphatic rings. The summed E-state index contributed by atoms with van der Waals surface area (Å²) in [5.41, 5.74) is 1.67. The molecule has 0 saturated carbocycles. The van der Waals surface area contributed by atoms with Crippen LogP contribution >= 0.6 is 0 Å². The highest BCUT2D eigenvalue weighted by atomic mass is 16.2. The van der Waals surface area contributed by atoms with Gasteiger partial charge >= 0.3 is 0 Å². The van der Waals surface area contributed by atoms with Gasteiger partial charge < -0.3 is 15.2 Å². The molecule has 0 bridgehead atoms. The van der Waals surface area contributed by atoms with Gasteiger partial charge in [-0.15, -0.1) is 0 Å². The first kappa shape index (κ1) is 15.0. The molecule has 2 aromatic rings. The minimum atomic E-state index is -0.384. The number of rotatable bonds is 3. The van der Waals surface area contributed by atoms with Crippen LogP contribution in [0.25, 0.3) is 0 Å². The van der Waals surface area contributed by atoms with E-state index in [-0.39, 0.29) is 29.0 Å². The molecule has 1 atom stereocenters. The van der Waals surface area contributed by atoms with Crippen molar-refractivity contribution in [2.45, 2.75) is 12.3 Å². The lowest BCUT2D eigenvalue weighted by Gasteiger charge is -2.31. The number of nitrogens with one attached hydrogen (secondary N) is 2. The zero-order valence-electron chi connectivity index (χ0n) is 12.6. The predicted molar refractivity (Wildman–Crippen MR) is 84.4 cm³/mol. The Morgan fingerprint density at radius 3 is 2.91 bits per heavy atom. The molecule has 3 rings (SSSR count). The summed E-state index contributed by atoms with van der Waals surface area (Å²) in [6.07, 6.45) is 2.67. The summed E-state index contributed by atoms with van der Waals surface area (Å²) < 4.78 is 0. The Hall–Kier alpha value is -2.96. The van der Waals surface area contributed by atoms with E-state index < -0.39 is 0 Å². The molecule has 0 aliphatic carbocycles. The molecular weight excluding hydrogens is 296 g/mol. The lowest BCUT2D eigenvalue weighted by atomic mass is 9.89. The number of hydrogen-bond donors (Lipinski definition) is 2. The summed E-state index contributed by atoms with van der Waals surface area (Å²) in [7, 11) is 1.75. The van der Waals surface area contributed by atoms with Crippen LogP contribution in [0.2, 0.25) is 0 Å². The first-order valence-corrected chi connectivity index (χ1v) is 7.24. The number of carbonyl (C=O) groups excluding carboxylic acids is 2. The number of H-pyrrole nitrogens is 1. The van der Waals surface area contributed by atoms with Gasteiger partial charge in [-0.3, -0.25) is 14.4 Å². The van der Waals surface area contributed by atoms with Crippen molar-refractivity contribution in [1.82, 2.24) is 15.3 Å². The number of aromatic nitrogens is 2. The van der Waals surface area contributed by atoms with Crippen LogP contribution in [0.4, 0.5) is 5.69 Å². The lowest BCUT2D eigenvalue weighted by Crippen LogP contribution is -2.38. The average molecular weight is 312 g/mol. The van der Waals surface area contributed by atoms with Gasteiger partial charge in [0.05, 0.1) is 6.20 Å². The SMILES string of the molecule is CN1C(=O)C[C@@H](CNC(=O)c2c[nH]c(=O)cn2)c2ccccc21. The van der Waals surface area contributed by atoms with E-state index in [1.54, 1.807) is 11.9 Å². The van der Waals surface area contributed by atoms with E-state index in [0.717, 1.165) is 17.4 Å². The first-order valence-electron chi connectivity index (χ1n) is 7.24. The van der Waals surface area contributed by atoms with Crippen LogP contribution in [0, 0.1) is 0 Å². The molecule has 0 radical (unpaired) electrons. The molecule has 1 aromatic heterocycles. The number of fused-ring (bicyclic) bond motifs is 1. The fraction of sp³-hybridized carbons (Fsp3) is 0.250. The van der Waals surface area contributed by atoms with E-state index in [9.17, 15) is 14.4 Å². The summed E-state index contributed by atoms with van der Waals surface area (Å²) in [5.74, 6) is -0.447. The van der Waals surface area contributed by atoms with Gasteiger partial charge in [0.25, 0.3) is 11.5 Å². The third-order valence-electron chi connectivity index (χ3n) is 3.95. The summed E-state index contributed by atoms with van der Waals surface area (Å²) in [5, 5.41) is 2.77. The number of carbonyl (C=O) groups is 2. The quantitative estimate of drug-likeness (QED) is 0.870. The van der Waals surface area contributed by atoms with Crippen LogP contribution in [0.1, 0.15) is 28.4 Å². The summed E-state index contributed by atoms with van der Waals surface area (Å²) in [6, 6.07) is 7.66. The molecule has 118 valence electrons. The average Bonchev–Trinajstić information content (AvgIpc) is 2.57. The smallest absolute Gasteiger partial charge is 0.271 e. The van der Waals surface area contributed by atoms with E-state index in [1.807, 2.05) is 24.3 Å². The zero-order valence-corrected chi connectivity index (χ0v) is 12.6. The van der Waals surface area contributed by atoms with E-state index in [2.05, 4.69) is 15.3 Å². The number of amides is 2. The molecule has 0 spiro atoms. The Morgan fingerprint density at radius 2 is 2.17 bits per heavy atom. The maximum atomic E-state index is 12.1. The van der Waals surface area contributed by atoms with Gasteiger partial charge in [0.15, 0.2) is 0 Å². The van der Waals surface area contributed by atoms with E-state index in [0.29, 0.717) is 13.0 Å². The largest absolute Gasteiger partial charge is 0.350 e. The molecule has 7 heteroatoms. The molecule has 2 N–H and O–H groups in total. The predicted octanol–water partition coefficient (Wildman–Crippen LogP) is 0.650. The number of para-hydroxylation sites is 1. The second-order valence-electron chi connectivity index (χ2n) is 5.42. The van der Waals surface area contributed by atoms with Gasteiger partial charge in [-0.2, -0.15) is 0 Å². The monoisotopic (exact) mass is 312 g/mol. The Labute approximate surface area is 132 Å². The van der Waals surface area contributed by atoms with Crippen molar-refractivity contribution in [3.05, 3.63) is 58.3 Å². The molecule has 0 fully saturated rings. The minimum absolute atomic E-state index is 0.0186. The second kappa shape index (κ2) is 6.04. The Morgan fingerprint density at radius 1 is 1.39 bits per heavy atom. The Balaban J connectivity index is 1.74. The molecule has 2 heterocycles. The van der Waals surface area contributed by atoms with Gasteiger partial charge in [0.1, 0.15) is 5.69 Å². The van der Waals surface area contributed by atoms with Gasteiger partial charge in [-0.25, -0.2) is 4.98 Å². The van der Waals surface area contributed by atoms with Gasteiger partial charge in [-0.1, -0.05) is 18.2 Å². The zero-order chi connectivity index (χ0) is 16.4. The lowest BCUT2D eigenvalue weighted by molar-refractivity contribution is -0.119. The summed E-state index contributed by atoms with van der Waals surface area (Å²) in [4.78, 5) is 42.9. The van der Waals surface area contributed by atoms with Crippen LogP contribution < -0.4 is 15.8 Å². The van der Waals surface area contributed by atoms with E-state index in [1.165, 1.54) is 6.20 Å². The van der Waals surface area contributed by atoms with Crippen LogP contribution in [0.15, 0.2) is 41.5 Å². The van der Waals surface area contributed by atoms with Crippen molar-refractivity contribution in [3.8, 4) is 0 Å². The van der Waals surface area contributed by atoms with Crippen LogP contribution in [0.5, 0.6) is 0 Å². The third kappa shape index (κ3) is 2.98. The highest BCUT2D eigenvalue weighted by Crippen LogP contribution is 2.34. The molecule has 0 saturated heterocycles. The first-order chi connectivity index (χ1) is 11.1. The third-order valence-corrected chi connectivity index (χ3v) is 3.95. The van der Waals surface area contributed by atoms with Gasteiger partial charge in [0.2, 0.25) is 5.91 Å². The van der Waals surface area contributed by atoms with Crippen LogP contribution in [-0.2, 0) is 4.79 Å². The molecule has 23 heavy (non-hydrogen) atoms. The summed E-state index contributed by atoms with van der Waals surface area (Å²) >= 11 is 0. The molecule has 7 nitrogen and oxygen atoms in total. The van der Waals surface area contributed by atoms with Crippen LogP contribution in [0.3, 0.4) is 0 Å². The van der Waals surface area contributed by atoms with E-state index in [4.69, 9.17) is 0 Å². The van der Waals surface area contributed by atoms with Crippen molar-refractivity contribution >= 4 is 17.5 Å². The molecule has 2 amide bonds. The minimum Gasteiger partial charge on any atom is -0.350 e. The van der Waals surface area contributed by atoms with E-state index >= 15 is 0 Å². The highest BCUT2D eigenvalue weighted by molar-refractivity contribution is 5.97. The molecule has 0 unspecified atom stereocenters. The van der Waals surface area contributed by atoms with Gasteiger partial charge in [0, 0.05) is 37.8 Å². The maximum absolute atomic E-state index is 12.1. The van der Waals surface area contributed by atoms with Crippen molar-refractivity contribution < 1.29 is 9.59 Å². The number of aromatic amines is 1. The number of anilines is 1. The molecular formula is C16H16N4O3. The fourth-order valence-corrected chi connectivity index (χ4v) is 2.69. The summed E-state index contributed by atoms with van der Waals surface area (Å²) in [6.45, 7) is 0.330. The topological polar surface area (TPSA) is 95.2 Å². The Bertz CT molecular complexity index is 794. The Kier molecular flexibility index (Phi) is 3.92. The molecule has 1 aliphatic heterocycles. The number of benzene rings is 1. The molecule has 1 aromatic carbocycles. The van der Waals surface area contributed by atoms with Gasteiger partial charge in [-0.05, 0) is 11.6 Å². The highest BCUT2D eigenvalue weighted by Gasteiger charge is 2.29. The standard InChI is InChI=1S/C16H16N4O3/c1-20-13-5-3-2-4-11(13)10(6-15(20)22)7-19-16(23)12-8-18-14(21)9-17-12/h2-5,8-10H,6-7H2,1H3,(H,18,21)(H,19,23)/t10-/m0/s1. The van der Waals surface area contributed by atoms with Crippen molar-refractivity contribution in [3.63, 3.8) is 0 Å². The second-order valence-corrected chi connectivity index (χ2v) is 5.42. The fourth-order valence-electron chi connectivity index (χ4n) is 2.69. The maximum Gasteiger partial charge on any atom is 0.271 e. The van der Waals surface area contributed by atoms with Crippen molar-refractivity contribution in [2.24, 2.45) is 0 Å². The van der Waals surface area contributed by atoms with Crippen molar-refractivity contribution in [2.75, 3.05) is 18.5 Å². The van der Waals surface area contributed by atoms with Crippen molar-refractivity contribution in [1.29, 1.82) is 0 Å². The number of hydrogen-bond acceptors (Lipinski definition) is 4. The number of nitrogens with zero attached hydrogens (tertiary/aromatic N) is 2.